The number of hydrogen-bond acceptors (Lipinski definition) is 2. The lowest BCUT2D eigenvalue weighted by atomic mass is 10.2. The van der Waals surface area contributed by atoms with E-state index >= 15 is 0 Å². The van der Waals surface area contributed by atoms with Crippen LogP contribution in [0.2, 0.25) is 0 Å². The van der Waals surface area contributed by atoms with E-state index in [-0.39, 0.29) is 0 Å². The molecule has 6 heavy (non-hydrogen) atoms. The first-order chi connectivity index (χ1) is 2.80. The van der Waals surface area contributed by atoms with Crippen molar-refractivity contribution in [2.45, 2.75) is 26.1 Å². The van der Waals surface area contributed by atoms with Gasteiger partial charge in [-0.2, -0.15) is 0 Å². The summed E-state index contributed by atoms with van der Waals surface area (Å²) >= 11 is 0. The predicted octanol–water partition coefficient (Wildman–Crippen LogP) is 0.725. The third kappa shape index (κ3) is 0.420. The largest absolute Gasteiger partial charge is 0.230 e. The highest BCUT2D eigenvalue weighted by Crippen LogP contribution is 2.13. The molecule has 0 aromatic carbocycles. The molecular weight excluding hydrogens is 80.0 g/mol. The molecule has 0 spiro atoms. The summed E-state index contributed by atoms with van der Waals surface area (Å²) in [4.78, 5) is 9.09. The fourth-order valence-corrected chi connectivity index (χ4v) is 0.278. The molecule has 0 saturated carbocycles. The zero-order valence-corrected chi connectivity index (χ0v) is 3.97. The van der Waals surface area contributed by atoms with E-state index in [0.29, 0.717) is 12.2 Å². The Morgan fingerprint density at radius 3 is 1.33 bits per heavy atom. The van der Waals surface area contributed by atoms with Crippen LogP contribution < -0.4 is 0 Å². The van der Waals surface area contributed by atoms with Crippen LogP contribution in [-0.4, -0.2) is 12.2 Å². The van der Waals surface area contributed by atoms with E-state index in [9.17, 15) is 0 Å². The maximum Gasteiger partial charge on any atom is 0.119 e. The molecule has 0 N–H and O–H groups in total. The Kier molecular flexibility index (Phi) is 0.821. The maximum atomic E-state index is 4.54. The molecule has 36 valence electrons. The van der Waals surface area contributed by atoms with Gasteiger partial charge in [-0.25, -0.2) is 9.78 Å². The summed E-state index contributed by atoms with van der Waals surface area (Å²) in [7, 11) is 0. The van der Waals surface area contributed by atoms with Gasteiger partial charge in [0.15, 0.2) is 0 Å². The Balaban J connectivity index is 2.20. The van der Waals surface area contributed by atoms with E-state index in [1.807, 2.05) is 13.8 Å². The Morgan fingerprint density at radius 1 is 1.00 bits per heavy atom. The predicted molar refractivity (Wildman–Crippen MR) is 21.1 cm³/mol. The van der Waals surface area contributed by atoms with E-state index in [1.54, 1.807) is 0 Å². The van der Waals surface area contributed by atoms with Crippen molar-refractivity contribution in [2.75, 3.05) is 0 Å². The standard InChI is InChI=1S/C4H8O2/c1-3-4(2)6-5-3/h3-4H,1-2H3/t3-,4+. The molecular formula is C4H8O2. The maximum absolute atomic E-state index is 4.54. The first-order valence-electron chi connectivity index (χ1n) is 2.13. The van der Waals surface area contributed by atoms with Crippen LogP contribution in [0.25, 0.3) is 0 Å². The van der Waals surface area contributed by atoms with Gasteiger partial charge in [0.2, 0.25) is 0 Å². The van der Waals surface area contributed by atoms with Gasteiger partial charge < -0.3 is 0 Å². The molecule has 0 bridgehead atoms. The van der Waals surface area contributed by atoms with Gasteiger partial charge in [-0.05, 0) is 13.8 Å². The van der Waals surface area contributed by atoms with E-state index in [2.05, 4.69) is 9.78 Å². The molecule has 2 atom stereocenters. The lowest BCUT2D eigenvalue weighted by molar-refractivity contribution is -0.455. The van der Waals surface area contributed by atoms with Crippen molar-refractivity contribution >= 4 is 0 Å². The summed E-state index contributed by atoms with van der Waals surface area (Å²) in [6.07, 6.45) is 0.620. The summed E-state index contributed by atoms with van der Waals surface area (Å²) in [6, 6.07) is 0. The van der Waals surface area contributed by atoms with Crippen molar-refractivity contribution in [2.24, 2.45) is 0 Å². The Hall–Kier alpha value is -0.0800. The molecule has 1 aliphatic heterocycles. The smallest absolute Gasteiger partial charge is 0.119 e. The molecule has 0 unspecified atom stereocenters. The Labute approximate surface area is 37.0 Å². The molecule has 0 aliphatic carbocycles. The summed E-state index contributed by atoms with van der Waals surface area (Å²) in [6.45, 7) is 3.96. The Bertz CT molecular complexity index is 45.5. The van der Waals surface area contributed by atoms with Gasteiger partial charge in [0.1, 0.15) is 12.2 Å². The normalized spacial score (nSPS) is 45.0. The quantitative estimate of drug-likeness (QED) is 0.406. The van der Waals surface area contributed by atoms with Crippen LogP contribution in [0.1, 0.15) is 13.8 Å². The summed E-state index contributed by atoms with van der Waals surface area (Å²) < 4.78 is 0. The van der Waals surface area contributed by atoms with Crippen LogP contribution in [0, 0.1) is 0 Å². The third-order valence-electron chi connectivity index (χ3n) is 1.02. The second-order valence-corrected chi connectivity index (χ2v) is 1.60. The summed E-state index contributed by atoms with van der Waals surface area (Å²) in [5.41, 5.74) is 0. The molecule has 0 radical (unpaired) electrons. The highest BCUT2D eigenvalue weighted by atomic mass is 17.2. The van der Waals surface area contributed by atoms with Crippen LogP contribution >= 0.6 is 0 Å². The van der Waals surface area contributed by atoms with Gasteiger partial charge in [0.05, 0.1) is 0 Å². The average molecular weight is 88.1 g/mol. The van der Waals surface area contributed by atoms with Crippen LogP contribution in [-0.2, 0) is 9.78 Å². The van der Waals surface area contributed by atoms with Gasteiger partial charge in [-0.1, -0.05) is 0 Å². The topological polar surface area (TPSA) is 18.5 Å². The van der Waals surface area contributed by atoms with Crippen molar-refractivity contribution in [1.29, 1.82) is 0 Å². The van der Waals surface area contributed by atoms with Crippen molar-refractivity contribution < 1.29 is 9.78 Å². The lowest BCUT2D eigenvalue weighted by Crippen LogP contribution is -2.37. The second kappa shape index (κ2) is 1.21. The molecule has 1 rings (SSSR count). The zero-order chi connectivity index (χ0) is 4.57. The van der Waals surface area contributed by atoms with Crippen molar-refractivity contribution in [1.82, 2.24) is 0 Å². The zero-order valence-electron chi connectivity index (χ0n) is 3.97. The van der Waals surface area contributed by atoms with E-state index in [4.69, 9.17) is 0 Å². The summed E-state index contributed by atoms with van der Waals surface area (Å²) in [5.74, 6) is 0. The van der Waals surface area contributed by atoms with Crippen LogP contribution in [0.4, 0.5) is 0 Å². The minimum Gasteiger partial charge on any atom is -0.230 e. The minimum atomic E-state index is 0.310. The van der Waals surface area contributed by atoms with E-state index < -0.39 is 0 Å². The highest BCUT2D eigenvalue weighted by molar-refractivity contribution is 4.61. The van der Waals surface area contributed by atoms with Gasteiger partial charge in [-0.3, -0.25) is 0 Å². The molecule has 0 aromatic rings. The average Bonchev–Trinajstić information content (AvgIpc) is 1.61. The highest BCUT2D eigenvalue weighted by Gasteiger charge is 2.24. The fourth-order valence-electron chi connectivity index (χ4n) is 0.278. The van der Waals surface area contributed by atoms with Gasteiger partial charge in [-0.15, -0.1) is 0 Å². The SMILES string of the molecule is C[C@@H]1OO[C@@H]1C. The van der Waals surface area contributed by atoms with Gasteiger partial charge in [0.25, 0.3) is 0 Å². The minimum absolute atomic E-state index is 0.310. The second-order valence-electron chi connectivity index (χ2n) is 1.60. The van der Waals surface area contributed by atoms with Crippen molar-refractivity contribution in [3.63, 3.8) is 0 Å². The molecule has 1 saturated heterocycles. The molecule has 1 heterocycles. The van der Waals surface area contributed by atoms with Gasteiger partial charge >= 0.3 is 0 Å². The van der Waals surface area contributed by atoms with Crippen LogP contribution in [0.5, 0.6) is 0 Å². The number of rotatable bonds is 0. The van der Waals surface area contributed by atoms with E-state index in [1.165, 1.54) is 0 Å². The van der Waals surface area contributed by atoms with Crippen molar-refractivity contribution in [3.8, 4) is 0 Å². The third-order valence-corrected chi connectivity index (χ3v) is 1.02. The monoisotopic (exact) mass is 88.1 g/mol. The molecule has 2 heteroatoms. The molecule has 0 aromatic heterocycles. The van der Waals surface area contributed by atoms with Crippen LogP contribution in [0.3, 0.4) is 0 Å². The lowest BCUT2D eigenvalue weighted by Gasteiger charge is -2.28. The molecule has 2 nitrogen and oxygen atoms in total. The van der Waals surface area contributed by atoms with Gasteiger partial charge in [0, 0.05) is 0 Å². The summed E-state index contributed by atoms with van der Waals surface area (Å²) in [5, 5.41) is 0. The molecule has 1 aliphatic rings. The van der Waals surface area contributed by atoms with Crippen molar-refractivity contribution in [3.05, 3.63) is 0 Å². The molecule has 1 fully saturated rings. The first kappa shape index (κ1) is 4.09. The molecule has 0 amide bonds. The number of hydrogen-bond donors (Lipinski definition) is 0. The Morgan fingerprint density at radius 2 is 1.33 bits per heavy atom. The fraction of sp³-hybridized carbons (Fsp3) is 1.00. The van der Waals surface area contributed by atoms with Crippen LogP contribution in [0.15, 0.2) is 0 Å². The first-order valence-corrected chi connectivity index (χ1v) is 2.13. The van der Waals surface area contributed by atoms with E-state index in [0.717, 1.165) is 0 Å².